The number of allylic oxidation sites excluding steroid dienone is 1. The van der Waals surface area contributed by atoms with Crippen molar-refractivity contribution < 1.29 is 0 Å². The Morgan fingerprint density at radius 1 is 1.31 bits per heavy atom. The molecule has 0 saturated heterocycles. The second kappa shape index (κ2) is 6.24. The van der Waals surface area contributed by atoms with Crippen molar-refractivity contribution >= 4 is 5.57 Å². The van der Waals surface area contributed by atoms with Crippen LogP contribution in [0.1, 0.15) is 25.0 Å². The van der Waals surface area contributed by atoms with Gasteiger partial charge in [0.15, 0.2) is 0 Å². The summed E-state index contributed by atoms with van der Waals surface area (Å²) in [6.07, 6.45) is 1.10. The Bertz CT molecular complexity index is 271. The molecule has 0 unspecified atom stereocenters. The van der Waals surface area contributed by atoms with E-state index in [-0.39, 0.29) is 0 Å². The van der Waals surface area contributed by atoms with Crippen LogP contribution in [0.2, 0.25) is 0 Å². The largest absolute Gasteiger partial charge is 0.106 e. The molecule has 0 heterocycles. The molecule has 70 valence electrons. The lowest BCUT2D eigenvalue weighted by Gasteiger charge is -2.01. The molecule has 0 aromatic heterocycles. The lowest BCUT2D eigenvalue weighted by atomic mass is 10.0. The molecule has 0 amide bonds. The van der Waals surface area contributed by atoms with Crippen molar-refractivity contribution in [3.8, 4) is 0 Å². The first-order valence-corrected chi connectivity index (χ1v) is 4.49. The molecule has 0 N–H and O–H groups in total. The Labute approximate surface area is 81.6 Å². The van der Waals surface area contributed by atoms with Crippen LogP contribution in [0.5, 0.6) is 0 Å². The fraction of sp³-hybridized carbons (Fsp3) is 0.231. The Kier molecular flexibility index (Phi) is 5.62. The van der Waals surface area contributed by atoms with Gasteiger partial charge < -0.3 is 0 Å². The smallest absolute Gasteiger partial charge is 0.0231 e. The number of aryl methyl sites for hydroxylation is 1. The van der Waals surface area contributed by atoms with E-state index < -0.39 is 0 Å². The highest BCUT2D eigenvalue weighted by atomic mass is 14.0. The quantitative estimate of drug-likeness (QED) is 0.592. The van der Waals surface area contributed by atoms with Gasteiger partial charge in [-0.05, 0) is 24.5 Å². The normalized spacial score (nSPS) is 8.46. The van der Waals surface area contributed by atoms with Gasteiger partial charge in [-0.25, -0.2) is 0 Å². The Morgan fingerprint density at radius 3 is 2.38 bits per heavy atom. The second-order valence-corrected chi connectivity index (χ2v) is 2.83. The van der Waals surface area contributed by atoms with Crippen molar-refractivity contribution in [1.82, 2.24) is 0 Å². The topological polar surface area (TPSA) is 0 Å². The lowest BCUT2D eigenvalue weighted by molar-refractivity contribution is 1.14. The van der Waals surface area contributed by atoms with Gasteiger partial charge in [-0.1, -0.05) is 43.3 Å². The van der Waals surface area contributed by atoms with Crippen LogP contribution in [-0.2, 0) is 6.42 Å². The van der Waals surface area contributed by atoms with Gasteiger partial charge in [0.05, 0.1) is 0 Å². The summed E-state index contributed by atoms with van der Waals surface area (Å²) < 4.78 is 0. The minimum absolute atomic E-state index is 1.10. The molecule has 0 nitrogen and oxygen atoms in total. The third-order valence-electron chi connectivity index (χ3n) is 1.83. The molecular weight excluding hydrogens is 156 g/mol. The predicted molar refractivity (Wildman–Crippen MR) is 61.8 cm³/mol. The maximum atomic E-state index is 3.90. The average molecular weight is 174 g/mol. The third kappa shape index (κ3) is 3.75. The van der Waals surface area contributed by atoms with Crippen LogP contribution in [0, 0.1) is 0 Å². The van der Waals surface area contributed by atoms with Crippen molar-refractivity contribution in [2.24, 2.45) is 0 Å². The highest BCUT2D eigenvalue weighted by molar-refractivity contribution is 5.61. The van der Waals surface area contributed by atoms with E-state index in [1.165, 1.54) is 11.1 Å². The van der Waals surface area contributed by atoms with Crippen molar-refractivity contribution in [2.75, 3.05) is 0 Å². The summed E-state index contributed by atoms with van der Waals surface area (Å²) in [6, 6.07) is 8.53. The van der Waals surface area contributed by atoms with E-state index in [2.05, 4.69) is 50.9 Å². The van der Waals surface area contributed by atoms with E-state index in [0.717, 1.165) is 12.0 Å². The summed E-state index contributed by atoms with van der Waals surface area (Å²) in [5.74, 6) is 0. The van der Waals surface area contributed by atoms with Crippen LogP contribution in [0.25, 0.3) is 5.57 Å². The standard InChI is InChI=1S/C11H14.C2H4/c1-4-10-6-5-7-11(8-10)9(2)3;1-2/h5-8H,2,4H2,1,3H3;1-2H2. The summed E-state index contributed by atoms with van der Waals surface area (Å²) in [5, 5.41) is 0. The minimum Gasteiger partial charge on any atom is -0.106 e. The molecule has 0 atom stereocenters. The van der Waals surface area contributed by atoms with Gasteiger partial charge in [0.25, 0.3) is 0 Å². The molecule has 0 aliphatic rings. The van der Waals surface area contributed by atoms with Gasteiger partial charge in [-0.15, -0.1) is 13.2 Å². The maximum Gasteiger partial charge on any atom is -0.0231 e. The monoisotopic (exact) mass is 174 g/mol. The molecule has 1 aromatic carbocycles. The highest BCUT2D eigenvalue weighted by Gasteiger charge is 1.93. The predicted octanol–water partition coefficient (Wildman–Crippen LogP) is 4.08. The SMILES string of the molecule is C=C.C=C(C)c1cccc(CC)c1. The van der Waals surface area contributed by atoms with Gasteiger partial charge in [0.2, 0.25) is 0 Å². The number of hydrogen-bond acceptors (Lipinski definition) is 0. The molecule has 0 radical (unpaired) electrons. The van der Waals surface area contributed by atoms with Crippen LogP contribution in [-0.4, -0.2) is 0 Å². The molecular formula is C13H18. The van der Waals surface area contributed by atoms with Crippen LogP contribution >= 0.6 is 0 Å². The summed E-state index contributed by atoms with van der Waals surface area (Å²) in [6.45, 7) is 14.1. The first-order chi connectivity index (χ1) is 6.24. The summed E-state index contributed by atoms with van der Waals surface area (Å²) in [7, 11) is 0. The molecule has 1 aromatic rings. The molecule has 0 fully saturated rings. The summed E-state index contributed by atoms with van der Waals surface area (Å²) in [4.78, 5) is 0. The Morgan fingerprint density at radius 2 is 1.92 bits per heavy atom. The van der Waals surface area contributed by atoms with Crippen molar-refractivity contribution in [2.45, 2.75) is 20.3 Å². The summed E-state index contributed by atoms with van der Waals surface area (Å²) >= 11 is 0. The molecule has 0 aliphatic heterocycles. The molecule has 0 saturated carbocycles. The number of rotatable bonds is 2. The van der Waals surface area contributed by atoms with Crippen molar-refractivity contribution in [3.63, 3.8) is 0 Å². The molecule has 0 bridgehead atoms. The fourth-order valence-corrected chi connectivity index (χ4v) is 1.06. The van der Waals surface area contributed by atoms with Gasteiger partial charge in [0.1, 0.15) is 0 Å². The van der Waals surface area contributed by atoms with Crippen LogP contribution < -0.4 is 0 Å². The molecule has 13 heavy (non-hydrogen) atoms. The van der Waals surface area contributed by atoms with Gasteiger partial charge in [-0.3, -0.25) is 0 Å². The zero-order valence-electron chi connectivity index (χ0n) is 8.64. The van der Waals surface area contributed by atoms with E-state index in [4.69, 9.17) is 0 Å². The van der Waals surface area contributed by atoms with Crippen LogP contribution in [0.3, 0.4) is 0 Å². The van der Waals surface area contributed by atoms with E-state index >= 15 is 0 Å². The molecule has 0 heteroatoms. The van der Waals surface area contributed by atoms with E-state index in [1.54, 1.807) is 0 Å². The van der Waals surface area contributed by atoms with Crippen molar-refractivity contribution in [3.05, 3.63) is 55.1 Å². The highest BCUT2D eigenvalue weighted by Crippen LogP contribution is 2.13. The average Bonchev–Trinajstić information content (AvgIpc) is 2.21. The van der Waals surface area contributed by atoms with Crippen LogP contribution in [0.4, 0.5) is 0 Å². The fourth-order valence-electron chi connectivity index (χ4n) is 1.06. The zero-order chi connectivity index (χ0) is 10.3. The Hall–Kier alpha value is -1.30. The van der Waals surface area contributed by atoms with E-state index in [9.17, 15) is 0 Å². The van der Waals surface area contributed by atoms with Crippen LogP contribution in [0.15, 0.2) is 44.0 Å². The van der Waals surface area contributed by atoms with Gasteiger partial charge >= 0.3 is 0 Å². The van der Waals surface area contributed by atoms with Crippen molar-refractivity contribution in [1.29, 1.82) is 0 Å². The first-order valence-electron chi connectivity index (χ1n) is 4.49. The Balaban J connectivity index is 0.000000671. The lowest BCUT2D eigenvalue weighted by Crippen LogP contribution is -1.82. The second-order valence-electron chi connectivity index (χ2n) is 2.83. The maximum absolute atomic E-state index is 3.90. The van der Waals surface area contributed by atoms with Gasteiger partial charge in [-0.2, -0.15) is 0 Å². The molecule has 0 spiro atoms. The third-order valence-corrected chi connectivity index (χ3v) is 1.83. The summed E-state index contributed by atoms with van der Waals surface area (Å²) in [5.41, 5.74) is 3.77. The van der Waals surface area contributed by atoms with E-state index in [1.807, 2.05) is 6.92 Å². The molecule has 0 aliphatic carbocycles. The number of hydrogen-bond donors (Lipinski definition) is 0. The number of benzene rings is 1. The van der Waals surface area contributed by atoms with Gasteiger partial charge in [0, 0.05) is 0 Å². The van der Waals surface area contributed by atoms with E-state index in [0.29, 0.717) is 0 Å². The first kappa shape index (κ1) is 11.7. The minimum atomic E-state index is 1.10. The zero-order valence-corrected chi connectivity index (χ0v) is 8.64. The molecule has 1 rings (SSSR count).